The highest BCUT2D eigenvalue weighted by Gasteiger charge is 2.13. The number of hydrogen-bond donors (Lipinski definition) is 3. The molecule has 1 aromatic rings. The van der Waals surface area contributed by atoms with Crippen LogP contribution in [0, 0.1) is 0 Å². The smallest absolute Gasteiger partial charge is 0.237 e. The summed E-state index contributed by atoms with van der Waals surface area (Å²) >= 11 is 0. The van der Waals surface area contributed by atoms with Crippen LogP contribution < -0.4 is 22.1 Å². The molecule has 1 heterocycles. The van der Waals surface area contributed by atoms with Gasteiger partial charge in [-0.1, -0.05) is 6.07 Å². The van der Waals surface area contributed by atoms with Gasteiger partial charge in [0, 0.05) is 12.7 Å². The molecule has 6 N–H and O–H groups in total. The van der Waals surface area contributed by atoms with Crippen LogP contribution in [0.1, 0.15) is 5.56 Å². The van der Waals surface area contributed by atoms with E-state index >= 15 is 0 Å². The summed E-state index contributed by atoms with van der Waals surface area (Å²) in [6, 6.07) is 3.42. The number of carbonyl (C=O) groups is 2. The van der Waals surface area contributed by atoms with Crippen LogP contribution >= 0.6 is 0 Å². The van der Waals surface area contributed by atoms with Gasteiger partial charge in [-0.25, -0.2) is 4.98 Å². The number of nitrogens with zero attached hydrogens (tertiary/aromatic N) is 2. The summed E-state index contributed by atoms with van der Waals surface area (Å²) in [6.07, 6.45) is 1.57. The van der Waals surface area contributed by atoms with E-state index < -0.39 is 11.8 Å². The van der Waals surface area contributed by atoms with Crippen molar-refractivity contribution in [1.82, 2.24) is 4.98 Å². The average molecular weight is 237 g/mol. The van der Waals surface area contributed by atoms with Crippen molar-refractivity contribution < 1.29 is 9.59 Å². The van der Waals surface area contributed by atoms with E-state index in [1.807, 2.05) is 0 Å². The lowest BCUT2D eigenvalue weighted by Gasteiger charge is -2.20. The molecule has 7 nitrogen and oxygen atoms in total. The first-order chi connectivity index (χ1) is 8.02. The topological polar surface area (TPSA) is 128 Å². The molecule has 17 heavy (non-hydrogen) atoms. The number of pyridine rings is 1. The minimum Gasteiger partial charge on any atom is -0.368 e. The second-order valence-corrected chi connectivity index (χ2v) is 3.52. The Balaban J connectivity index is 2.86. The molecule has 2 amide bonds. The van der Waals surface area contributed by atoms with Crippen molar-refractivity contribution in [2.75, 3.05) is 18.0 Å². The van der Waals surface area contributed by atoms with Gasteiger partial charge in [0.15, 0.2) is 0 Å². The average Bonchev–Trinajstić information content (AvgIpc) is 2.27. The molecule has 0 aliphatic rings. The van der Waals surface area contributed by atoms with Gasteiger partial charge in [-0.3, -0.25) is 9.59 Å². The van der Waals surface area contributed by atoms with Gasteiger partial charge in [-0.2, -0.15) is 0 Å². The zero-order valence-electron chi connectivity index (χ0n) is 9.30. The summed E-state index contributed by atoms with van der Waals surface area (Å²) in [5.41, 5.74) is 16.5. The Bertz CT molecular complexity index is 388. The third kappa shape index (κ3) is 4.07. The van der Waals surface area contributed by atoms with E-state index in [1.54, 1.807) is 18.3 Å². The molecule has 0 radical (unpaired) electrons. The van der Waals surface area contributed by atoms with E-state index in [4.69, 9.17) is 17.2 Å². The third-order valence-electron chi connectivity index (χ3n) is 2.06. The van der Waals surface area contributed by atoms with Gasteiger partial charge in [0.2, 0.25) is 11.8 Å². The van der Waals surface area contributed by atoms with Gasteiger partial charge in [-0.05, 0) is 11.6 Å². The summed E-state index contributed by atoms with van der Waals surface area (Å²) in [5, 5.41) is 0. The number of nitrogens with two attached hydrogens (primary N) is 3. The number of hydrogen-bond acceptors (Lipinski definition) is 5. The van der Waals surface area contributed by atoms with Crippen LogP contribution in [0.2, 0.25) is 0 Å². The van der Waals surface area contributed by atoms with Crippen molar-refractivity contribution in [3.8, 4) is 0 Å². The predicted octanol–water partition coefficient (Wildman–Crippen LogP) is -1.68. The summed E-state index contributed by atoms with van der Waals surface area (Å²) in [5.74, 6) is -0.660. The Labute approximate surface area is 98.6 Å². The number of rotatable bonds is 6. The van der Waals surface area contributed by atoms with Crippen molar-refractivity contribution >= 4 is 17.6 Å². The predicted molar refractivity (Wildman–Crippen MR) is 62.7 cm³/mol. The van der Waals surface area contributed by atoms with Crippen LogP contribution in [-0.2, 0) is 16.1 Å². The molecule has 0 atom stereocenters. The number of aromatic nitrogens is 1. The Hall–Kier alpha value is -2.15. The summed E-state index contributed by atoms with van der Waals surface area (Å²) in [6.45, 7) is 0.148. The molecule has 1 rings (SSSR count). The van der Waals surface area contributed by atoms with Crippen LogP contribution in [0.3, 0.4) is 0 Å². The van der Waals surface area contributed by atoms with E-state index in [1.165, 1.54) is 4.90 Å². The summed E-state index contributed by atoms with van der Waals surface area (Å²) in [4.78, 5) is 27.2. The first-order valence-corrected chi connectivity index (χ1v) is 4.99. The van der Waals surface area contributed by atoms with E-state index in [0.29, 0.717) is 12.4 Å². The van der Waals surface area contributed by atoms with Gasteiger partial charge in [0.25, 0.3) is 0 Å². The molecule has 0 bridgehead atoms. The largest absolute Gasteiger partial charge is 0.368 e. The minimum absolute atomic E-state index is 0.113. The van der Waals surface area contributed by atoms with Gasteiger partial charge in [0.05, 0.1) is 13.1 Å². The fourth-order valence-corrected chi connectivity index (χ4v) is 1.32. The fraction of sp³-hybridized carbons (Fsp3) is 0.300. The van der Waals surface area contributed by atoms with Crippen LogP contribution in [0.15, 0.2) is 18.3 Å². The quantitative estimate of drug-likeness (QED) is 0.544. The molecule has 0 saturated carbocycles. The molecular weight excluding hydrogens is 222 g/mol. The molecule has 0 aliphatic heterocycles. The van der Waals surface area contributed by atoms with Gasteiger partial charge >= 0.3 is 0 Å². The fourth-order valence-electron chi connectivity index (χ4n) is 1.32. The van der Waals surface area contributed by atoms with Gasteiger partial charge in [-0.15, -0.1) is 0 Å². The first-order valence-electron chi connectivity index (χ1n) is 4.99. The van der Waals surface area contributed by atoms with E-state index in [2.05, 4.69) is 4.98 Å². The molecule has 0 fully saturated rings. The van der Waals surface area contributed by atoms with Crippen LogP contribution in [0.4, 0.5) is 5.82 Å². The Morgan fingerprint density at radius 3 is 2.12 bits per heavy atom. The molecule has 1 aromatic heterocycles. The van der Waals surface area contributed by atoms with Crippen molar-refractivity contribution in [2.45, 2.75) is 6.54 Å². The van der Waals surface area contributed by atoms with E-state index in [-0.39, 0.29) is 13.1 Å². The van der Waals surface area contributed by atoms with Gasteiger partial charge < -0.3 is 22.1 Å². The van der Waals surface area contributed by atoms with Crippen molar-refractivity contribution in [3.63, 3.8) is 0 Å². The lowest BCUT2D eigenvalue weighted by atomic mass is 10.3. The molecule has 0 aliphatic carbocycles. The maximum atomic E-state index is 10.9. The summed E-state index contributed by atoms with van der Waals surface area (Å²) in [7, 11) is 0. The van der Waals surface area contributed by atoms with Crippen LogP contribution in [0.5, 0.6) is 0 Å². The Morgan fingerprint density at radius 1 is 1.18 bits per heavy atom. The van der Waals surface area contributed by atoms with E-state index in [0.717, 1.165) is 5.56 Å². The zero-order chi connectivity index (χ0) is 12.8. The zero-order valence-corrected chi connectivity index (χ0v) is 9.30. The van der Waals surface area contributed by atoms with Crippen molar-refractivity contribution in [2.24, 2.45) is 17.2 Å². The maximum absolute atomic E-state index is 10.9. The van der Waals surface area contributed by atoms with Gasteiger partial charge in [0.1, 0.15) is 5.82 Å². The second-order valence-electron chi connectivity index (χ2n) is 3.52. The normalized spacial score (nSPS) is 9.94. The number of carbonyl (C=O) groups excluding carboxylic acids is 2. The highest BCUT2D eigenvalue weighted by molar-refractivity contribution is 5.84. The second kappa shape index (κ2) is 5.80. The third-order valence-corrected chi connectivity index (χ3v) is 2.06. The monoisotopic (exact) mass is 237 g/mol. The number of primary amides is 2. The maximum Gasteiger partial charge on any atom is 0.237 e. The first kappa shape index (κ1) is 12.9. The molecule has 0 spiro atoms. The van der Waals surface area contributed by atoms with Crippen molar-refractivity contribution in [1.29, 1.82) is 0 Å². The molecule has 0 unspecified atom stereocenters. The van der Waals surface area contributed by atoms with Crippen LogP contribution in [0.25, 0.3) is 0 Å². The molecule has 92 valence electrons. The summed E-state index contributed by atoms with van der Waals surface area (Å²) < 4.78 is 0. The highest BCUT2D eigenvalue weighted by Crippen LogP contribution is 2.10. The SMILES string of the molecule is NCc1ccc(N(CC(N)=O)CC(N)=O)nc1. The highest BCUT2D eigenvalue weighted by atomic mass is 16.2. The van der Waals surface area contributed by atoms with Crippen molar-refractivity contribution in [3.05, 3.63) is 23.9 Å². The molecule has 0 saturated heterocycles. The Morgan fingerprint density at radius 2 is 1.76 bits per heavy atom. The lowest BCUT2D eigenvalue weighted by Crippen LogP contribution is -2.40. The Kier molecular flexibility index (Phi) is 4.41. The number of anilines is 1. The molecule has 7 heteroatoms. The van der Waals surface area contributed by atoms with Crippen LogP contribution in [-0.4, -0.2) is 29.9 Å². The standard InChI is InChI=1S/C10H15N5O2/c11-3-7-1-2-10(14-4-7)15(5-8(12)16)6-9(13)17/h1-2,4H,3,5-6,11H2,(H2,12,16)(H2,13,17). The lowest BCUT2D eigenvalue weighted by molar-refractivity contribution is -0.117. The minimum atomic E-state index is -0.559. The molecule has 0 aromatic carbocycles. The molecular formula is C10H15N5O2. The van der Waals surface area contributed by atoms with E-state index in [9.17, 15) is 9.59 Å². The number of amides is 2.